The minimum Gasteiger partial charge on any atom is -0.299 e. The SMILES string of the molecule is CCC(CC)c1nnc(NC(=O)[C@@H](N=C2NS(=O)(=O)c3ccccc32)[C@@H](C)CC)s1. The minimum atomic E-state index is -3.66. The van der Waals surface area contributed by atoms with Crippen LogP contribution in [0.25, 0.3) is 0 Å². The number of fused-ring (bicyclic) bond motifs is 1. The summed E-state index contributed by atoms with van der Waals surface area (Å²) < 4.78 is 27.2. The van der Waals surface area contributed by atoms with E-state index in [0.29, 0.717) is 23.0 Å². The Morgan fingerprint density at radius 2 is 1.87 bits per heavy atom. The van der Waals surface area contributed by atoms with Gasteiger partial charge in [0.25, 0.3) is 15.9 Å². The minimum absolute atomic E-state index is 0.0961. The van der Waals surface area contributed by atoms with Crippen molar-refractivity contribution in [2.75, 3.05) is 5.32 Å². The van der Waals surface area contributed by atoms with Crippen LogP contribution in [0.5, 0.6) is 0 Å². The maximum Gasteiger partial charge on any atom is 0.263 e. The highest BCUT2D eigenvalue weighted by Crippen LogP contribution is 2.29. The number of sulfonamides is 1. The van der Waals surface area contributed by atoms with Crippen LogP contribution in [0.1, 0.15) is 63.4 Å². The van der Waals surface area contributed by atoms with Crippen molar-refractivity contribution < 1.29 is 13.2 Å². The average molecular weight is 450 g/mol. The molecule has 0 saturated heterocycles. The van der Waals surface area contributed by atoms with Gasteiger partial charge in [-0.2, -0.15) is 0 Å². The van der Waals surface area contributed by atoms with E-state index in [9.17, 15) is 13.2 Å². The highest BCUT2D eigenvalue weighted by Gasteiger charge is 2.33. The first kappa shape index (κ1) is 22.4. The predicted octanol–water partition coefficient (Wildman–Crippen LogP) is 3.53. The topological polar surface area (TPSA) is 113 Å². The number of nitrogens with zero attached hydrogens (tertiary/aromatic N) is 3. The molecule has 2 aromatic rings. The van der Waals surface area contributed by atoms with E-state index in [1.165, 1.54) is 17.4 Å². The number of amidine groups is 1. The molecule has 0 fully saturated rings. The van der Waals surface area contributed by atoms with E-state index in [1.54, 1.807) is 18.2 Å². The third-order valence-electron chi connectivity index (χ3n) is 5.39. The number of aliphatic imine (C=N–C) groups is 1. The number of rotatable bonds is 8. The van der Waals surface area contributed by atoms with E-state index >= 15 is 0 Å². The van der Waals surface area contributed by atoms with Gasteiger partial charge in [-0.15, -0.1) is 10.2 Å². The van der Waals surface area contributed by atoms with E-state index in [-0.39, 0.29) is 22.6 Å². The summed E-state index contributed by atoms with van der Waals surface area (Å²) in [6.45, 7) is 8.08. The maximum atomic E-state index is 13.0. The van der Waals surface area contributed by atoms with Gasteiger partial charge in [-0.1, -0.05) is 57.6 Å². The van der Waals surface area contributed by atoms with Crippen molar-refractivity contribution in [2.45, 2.75) is 63.8 Å². The summed E-state index contributed by atoms with van der Waals surface area (Å²) >= 11 is 1.37. The molecule has 0 saturated carbocycles. The highest BCUT2D eigenvalue weighted by atomic mass is 32.2. The fraction of sp³-hybridized carbons (Fsp3) is 0.500. The van der Waals surface area contributed by atoms with Crippen molar-refractivity contribution in [3.8, 4) is 0 Å². The van der Waals surface area contributed by atoms with Crippen LogP contribution in [0, 0.1) is 5.92 Å². The summed E-state index contributed by atoms with van der Waals surface area (Å²) in [5, 5.41) is 12.5. The number of hydrogen-bond donors (Lipinski definition) is 2. The van der Waals surface area contributed by atoms with E-state index in [0.717, 1.165) is 17.8 Å². The molecule has 162 valence electrons. The second-order valence-corrected chi connectivity index (χ2v) is 10.0. The molecular formula is C20H27N5O3S2. The van der Waals surface area contributed by atoms with Crippen LogP contribution in [0.3, 0.4) is 0 Å². The normalized spacial score (nSPS) is 18.1. The quantitative estimate of drug-likeness (QED) is 0.640. The Balaban J connectivity index is 1.87. The molecule has 0 radical (unpaired) electrons. The molecule has 2 atom stereocenters. The number of hydrogen-bond acceptors (Lipinski definition) is 7. The van der Waals surface area contributed by atoms with Gasteiger partial charge in [-0.25, -0.2) is 8.42 Å². The molecular weight excluding hydrogens is 422 g/mol. The number of benzene rings is 1. The third kappa shape index (κ3) is 4.54. The molecule has 3 rings (SSSR count). The van der Waals surface area contributed by atoms with Gasteiger partial charge in [0.15, 0.2) is 0 Å². The first-order chi connectivity index (χ1) is 14.3. The van der Waals surface area contributed by atoms with Gasteiger partial charge < -0.3 is 0 Å². The smallest absolute Gasteiger partial charge is 0.263 e. The van der Waals surface area contributed by atoms with Crippen LogP contribution < -0.4 is 10.0 Å². The lowest BCUT2D eigenvalue weighted by Gasteiger charge is -2.18. The molecule has 1 amide bonds. The molecule has 1 aliphatic rings. The summed E-state index contributed by atoms with van der Waals surface area (Å²) in [7, 11) is -3.66. The lowest BCUT2D eigenvalue weighted by molar-refractivity contribution is -0.118. The van der Waals surface area contributed by atoms with Crippen LogP contribution in [0.15, 0.2) is 34.2 Å². The van der Waals surface area contributed by atoms with Crippen LogP contribution in [0.2, 0.25) is 0 Å². The van der Waals surface area contributed by atoms with Crippen molar-refractivity contribution >= 4 is 38.2 Å². The van der Waals surface area contributed by atoms with Crippen molar-refractivity contribution in [3.05, 3.63) is 34.8 Å². The van der Waals surface area contributed by atoms with Gasteiger partial charge in [0, 0.05) is 11.5 Å². The highest BCUT2D eigenvalue weighted by molar-refractivity contribution is 7.90. The molecule has 10 heteroatoms. The van der Waals surface area contributed by atoms with E-state index in [4.69, 9.17) is 0 Å². The number of amides is 1. The van der Waals surface area contributed by atoms with Gasteiger partial charge >= 0.3 is 0 Å². The van der Waals surface area contributed by atoms with E-state index < -0.39 is 16.1 Å². The Morgan fingerprint density at radius 1 is 1.17 bits per heavy atom. The number of nitrogens with one attached hydrogen (secondary N) is 2. The second kappa shape index (κ2) is 9.22. The lowest BCUT2D eigenvalue weighted by Crippen LogP contribution is -2.34. The molecule has 0 aliphatic carbocycles. The largest absolute Gasteiger partial charge is 0.299 e. The Hall–Kier alpha value is -2.33. The Bertz CT molecular complexity index is 1040. The average Bonchev–Trinajstić information content (AvgIpc) is 3.29. The van der Waals surface area contributed by atoms with E-state index in [1.807, 2.05) is 13.8 Å². The van der Waals surface area contributed by atoms with Crippen molar-refractivity contribution in [2.24, 2.45) is 10.9 Å². The number of carbonyl (C=O) groups is 1. The van der Waals surface area contributed by atoms with Gasteiger partial charge in [-0.3, -0.25) is 19.8 Å². The molecule has 1 aromatic heterocycles. The summed E-state index contributed by atoms with van der Waals surface area (Å²) in [5.74, 6) is 0.0954. The molecule has 0 bridgehead atoms. The van der Waals surface area contributed by atoms with Crippen molar-refractivity contribution in [1.82, 2.24) is 14.9 Å². The lowest BCUT2D eigenvalue weighted by atomic mass is 9.99. The monoisotopic (exact) mass is 449 g/mol. The van der Waals surface area contributed by atoms with Gasteiger partial charge in [0.1, 0.15) is 16.9 Å². The number of carbonyl (C=O) groups excluding carboxylic acids is 1. The molecule has 2 N–H and O–H groups in total. The fourth-order valence-electron chi connectivity index (χ4n) is 3.30. The predicted molar refractivity (Wildman–Crippen MR) is 118 cm³/mol. The van der Waals surface area contributed by atoms with Crippen LogP contribution in [0.4, 0.5) is 5.13 Å². The first-order valence-electron chi connectivity index (χ1n) is 10.1. The zero-order valence-electron chi connectivity index (χ0n) is 17.5. The molecule has 0 unspecified atom stereocenters. The molecule has 8 nitrogen and oxygen atoms in total. The third-order valence-corrected chi connectivity index (χ3v) is 7.79. The summed E-state index contributed by atoms with van der Waals surface area (Å²) in [5.41, 5.74) is 0.477. The fourth-order valence-corrected chi connectivity index (χ4v) is 5.56. The molecule has 1 aromatic carbocycles. The van der Waals surface area contributed by atoms with E-state index in [2.05, 4.69) is 39.1 Å². The maximum absolute atomic E-state index is 13.0. The van der Waals surface area contributed by atoms with Crippen molar-refractivity contribution in [1.29, 1.82) is 0 Å². The molecule has 2 heterocycles. The molecule has 0 spiro atoms. The van der Waals surface area contributed by atoms with Gasteiger partial charge in [0.2, 0.25) is 5.13 Å². The van der Waals surface area contributed by atoms with Crippen LogP contribution in [-0.2, 0) is 14.8 Å². The summed E-state index contributed by atoms with van der Waals surface area (Å²) in [4.78, 5) is 17.7. The zero-order valence-corrected chi connectivity index (χ0v) is 19.2. The zero-order chi connectivity index (χ0) is 21.9. The Labute approximate surface area is 181 Å². The first-order valence-corrected chi connectivity index (χ1v) is 12.4. The molecule has 1 aliphatic heterocycles. The van der Waals surface area contributed by atoms with Gasteiger partial charge in [0.05, 0.1) is 4.90 Å². The number of anilines is 1. The second-order valence-electron chi connectivity index (χ2n) is 7.36. The summed E-state index contributed by atoms with van der Waals surface area (Å²) in [6.07, 6.45) is 2.63. The van der Waals surface area contributed by atoms with Crippen LogP contribution >= 0.6 is 11.3 Å². The van der Waals surface area contributed by atoms with Gasteiger partial charge in [-0.05, 0) is 30.9 Å². The van der Waals surface area contributed by atoms with Crippen molar-refractivity contribution in [3.63, 3.8) is 0 Å². The Morgan fingerprint density at radius 3 is 2.53 bits per heavy atom. The summed E-state index contributed by atoms with van der Waals surface area (Å²) in [6, 6.07) is 5.85. The molecule has 30 heavy (non-hydrogen) atoms. The Kier molecular flexibility index (Phi) is 6.87. The number of aromatic nitrogens is 2. The van der Waals surface area contributed by atoms with Crippen LogP contribution in [-0.4, -0.2) is 36.4 Å². The standard InChI is InChI=1S/C20H27N5O3S2/c1-5-12(4)16(18(26)22-20-24-23-19(29-20)13(6-2)7-3)21-17-14-10-8-9-11-15(14)30(27,28)25-17/h8-13,16H,5-7H2,1-4H3,(H,21,25)(H,22,24,26)/t12-,16-/m0/s1.